The summed E-state index contributed by atoms with van der Waals surface area (Å²) in [5.41, 5.74) is -1.59. The standard InChI is InChI=1S/C73H133N13O13S/c1-26-29-31-49(14)61(87)60-65(91)76-52(27-2)67(93)82(23)57(43-100-39-30-34-86-37-35-85(28-3)36-38-86)70(96)81(22)56(42-73(17,18)99)64(90)77-58(47(10)11)71(97)78(19)53(33-32-44(4)5)63(89)74-50(15)62(88)75-51(16)66(92)79(20)54(40-45(6)7)68(94)80(21)55(41-46(8)9)69(95)83(24)59(48(12)13)72(98)84(60)25/h26,29,44-61,87,99H,27-28,30-43H2,1-25H3,(H,74,89)(H,75,88)(H,76,91)(H,77,90)/b29-26+/t49-,50-,51+,52-,53-,54+,55-,56+,57-,58-,59-,60+,61-/m1/s1. The Bertz CT molecular complexity index is 2720. The predicted octanol–water partition coefficient (Wildman–Crippen LogP) is 3.90. The Morgan fingerprint density at radius 2 is 0.990 bits per heavy atom. The molecule has 27 heteroatoms. The van der Waals surface area contributed by atoms with Gasteiger partial charge in [-0.1, -0.05) is 102 Å². The van der Waals surface area contributed by atoms with Crippen molar-refractivity contribution in [1.82, 2.24) is 65.4 Å². The van der Waals surface area contributed by atoms with Gasteiger partial charge in [0.1, 0.15) is 66.5 Å². The SMILES string of the molecule is C/C=C/C[C@@H](C)[C@@H](O)[C@H]1C(=O)N[C@H](CC)C(=O)N(C)[C@H](CSCCCN2CCN(CC)CC2)C(=O)N(C)[C@@H](CC(C)(C)O)C(=O)N[C@H](C(C)C)C(=O)N(C)[C@H](CCC(C)C)C(=O)N[C@H](C)C(=O)N[C@@H](C)C(=O)N(C)[C@@H](CC(C)C)C(=O)N(C)[C@H](CC(C)C)C(=O)N(C)[C@H](C(C)C)C(=O)N1C. The van der Waals surface area contributed by atoms with Crippen molar-refractivity contribution in [2.45, 2.75) is 254 Å². The lowest BCUT2D eigenvalue weighted by molar-refractivity contribution is -0.157. The predicted molar refractivity (Wildman–Crippen MR) is 394 cm³/mol. The van der Waals surface area contributed by atoms with E-state index < -0.39 is 161 Å². The topological polar surface area (TPSA) is 306 Å². The Labute approximate surface area is 604 Å². The summed E-state index contributed by atoms with van der Waals surface area (Å²) in [6.45, 7) is 37.0. The molecule has 13 atom stereocenters. The van der Waals surface area contributed by atoms with Gasteiger partial charge in [-0.15, -0.1) is 0 Å². The maximum absolute atomic E-state index is 15.5. The monoisotopic (exact) mass is 1430 g/mol. The van der Waals surface area contributed by atoms with E-state index in [1.54, 1.807) is 54.5 Å². The Hall–Kier alpha value is -5.90. The number of nitrogens with zero attached hydrogens (tertiary/aromatic N) is 9. The van der Waals surface area contributed by atoms with Crippen molar-refractivity contribution >= 4 is 76.7 Å². The molecule has 2 fully saturated rings. The second-order valence-electron chi connectivity index (χ2n) is 30.7. The summed E-state index contributed by atoms with van der Waals surface area (Å²) in [5.74, 6) is -9.31. The third kappa shape index (κ3) is 26.4. The lowest BCUT2D eigenvalue weighted by Gasteiger charge is -2.41. The molecule has 100 heavy (non-hydrogen) atoms. The maximum Gasteiger partial charge on any atom is 0.246 e. The highest BCUT2D eigenvalue weighted by atomic mass is 32.2. The summed E-state index contributed by atoms with van der Waals surface area (Å²) in [6, 6.07) is -14.4. The molecule has 0 unspecified atom stereocenters. The van der Waals surface area contributed by atoms with Crippen LogP contribution < -0.4 is 21.3 Å². The third-order valence-electron chi connectivity index (χ3n) is 19.7. The van der Waals surface area contributed by atoms with Gasteiger partial charge in [0.15, 0.2) is 0 Å². The molecule has 0 aliphatic carbocycles. The van der Waals surface area contributed by atoms with E-state index in [0.29, 0.717) is 12.2 Å². The number of hydrogen-bond donors (Lipinski definition) is 6. The van der Waals surface area contributed by atoms with E-state index in [1.807, 2.05) is 47.6 Å². The average molecular weight is 1430 g/mol. The zero-order valence-electron chi connectivity index (χ0n) is 65.7. The molecule has 0 aromatic rings. The molecule has 2 rings (SSSR count). The van der Waals surface area contributed by atoms with Crippen molar-refractivity contribution in [3.05, 3.63) is 12.2 Å². The van der Waals surface area contributed by atoms with E-state index in [4.69, 9.17) is 0 Å². The molecule has 6 N–H and O–H groups in total. The summed E-state index contributed by atoms with van der Waals surface area (Å²) < 4.78 is 0. The molecule has 574 valence electrons. The minimum atomic E-state index is -1.66. The number of aliphatic hydroxyl groups is 2. The fourth-order valence-corrected chi connectivity index (χ4v) is 14.1. The fourth-order valence-electron chi connectivity index (χ4n) is 13.0. The van der Waals surface area contributed by atoms with Gasteiger partial charge in [0.25, 0.3) is 0 Å². The van der Waals surface area contributed by atoms with E-state index >= 15 is 33.6 Å². The molecular formula is C73H133N13O13S. The number of carbonyl (C=O) groups is 11. The molecule has 11 amide bonds. The molecule has 26 nitrogen and oxygen atoms in total. The molecule has 0 aromatic heterocycles. The molecule has 0 spiro atoms. The van der Waals surface area contributed by atoms with Crippen molar-refractivity contribution in [2.24, 2.45) is 35.5 Å². The third-order valence-corrected chi connectivity index (χ3v) is 20.8. The van der Waals surface area contributed by atoms with E-state index in [-0.39, 0.29) is 62.0 Å². The Balaban J connectivity index is 3.12. The number of allylic oxidation sites excluding steroid dienone is 2. The lowest BCUT2D eigenvalue weighted by atomic mass is 9.91. The Kier molecular flexibility index (Phi) is 37.9. The number of aliphatic hydroxyl groups excluding tert-OH is 1. The summed E-state index contributed by atoms with van der Waals surface area (Å²) in [5, 5.41) is 35.0. The summed E-state index contributed by atoms with van der Waals surface area (Å²) in [4.78, 5) is 179. The minimum Gasteiger partial charge on any atom is -0.390 e. The van der Waals surface area contributed by atoms with Crippen LogP contribution in [0.3, 0.4) is 0 Å². The second-order valence-corrected chi connectivity index (χ2v) is 31.9. The number of likely N-dealkylation sites (N-methyl/N-ethyl adjacent to an activating group) is 8. The number of hydrogen-bond acceptors (Lipinski definition) is 16. The van der Waals surface area contributed by atoms with Crippen LogP contribution in [0.4, 0.5) is 0 Å². The first-order valence-electron chi connectivity index (χ1n) is 36.5. The van der Waals surface area contributed by atoms with Crippen molar-refractivity contribution in [3.8, 4) is 0 Å². The number of carbonyl (C=O) groups excluding carboxylic acids is 11. The highest BCUT2D eigenvalue weighted by molar-refractivity contribution is 7.99. The average Bonchev–Trinajstić information content (AvgIpc) is 0.807. The zero-order valence-corrected chi connectivity index (χ0v) is 66.5. The molecular weight excluding hydrogens is 1300 g/mol. The van der Waals surface area contributed by atoms with E-state index in [0.717, 1.165) is 50.6 Å². The molecule has 0 saturated carbocycles. The van der Waals surface area contributed by atoms with Crippen molar-refractivity contribution < 1.29 is 63.0 Å². The molecule has 2 saturated heterocycles. The van der Waals surface area contributed by atoms with Crippen LogP contribution in [0.5, 0.6) is 0 Å². The molecule has 2 aliphatic heterocycles. The Morgan fingerprint density at radius 1 is 0.520 bits per heavy atom. The molecule has 0 radical (unpaired) electrons. The molecule has 2 heterocycles. The van der Waals surface area contributed by atoms with Crippen molar-refractivity contribution in [2.75, 3.05) is 100 Å². The number of nitrogens with one attached hydrogen (secondary N) is 4. The quantitative estimate of drug-likeness (QED) is 0.0624. The highest BCUT2D eigenvalue weighted by Gasteiger charge is 2.47. The van der Waals surface area contributed by atoms with E-state index in [2.05, 4.69) is 38.0 Å². The maximum atomic E-state index is 15.5. The molecule has 2 aliphatic rings. The van der Waals surface area contributed by atoms with Crippen molar-refractivity contribution in [3.63, 3.8) is 0 Å². The first kappa shape index (κ1) is 90.2. The van der Waals surface area contributed by atoms with Crippen LogP contribution in [-0.4, -0.2) is 298 Å². The Morgan fingerprint density at radius 3 is 1.48 bits per heavy atom. The van der Waals surface area contributed by atoms with Crippen LogP contribution in [0.1, 0.15) is 176 Å². The summed E-state index contributed by atoms with van der Waals surface area (Å²) in [6.07, 6.45) is 3.64. The smallest absolute Gasteiger partial charge is 0.246 e. The first-order chi connectivity index (χ1) is 46.4. The van der Waals surface area contributed by atoms with Gasteiger partial charge in [0.2, 0.25) is 65.0 Å². The van der Waals surface area contributed by atoms with Crippen LogP contribution >= 0.6 is 11.8 Å². The van der Waals surface area contributed by atoms with Crippen LogP contribution in [-0.2, 0) is 52.7 Å². The van der Waals surface area contributed by atoms with Crippen LogP contribution in [0.15, 0.2) is 12.2 Å². The van der Waals surface area contributed by atoms with Gasteiger partial charge in [0, 0.05) is 87.7 Å². The summed E-state index contributed by atoms with van der Waals surface area (Å²) in [7, 11) is 9.97. The normalized spacial score (nSPS) is 26.9. The van der Waals surface area contributed by atoms with Crippen LogP contribution in [0, 0.1) is 35.5 Å². The second kappa shape index (κ2) is 42.0. The number of rotatable bonds is 23. The van der Waals surface area contributed by atoms with Crippen LogP contribution in [0.25, 0.3) is 0 Å². The lowest BCUT2D eigenvalue weighted by Crippen LogP contribution is -2.64. The van der Waals surface area contributed by atoms with Gasteiger partial charge in [-0.3, -0.25) is 52.7 Å². The minimum absolute atomic E-state index is 0.0220. The van der Waals surface area contributed by atoms with Gasteiger partial charge in [-0.25, -0.2) is 0 Å². The van der Waals surface area contributed by atoms with Crippen LogP contribution in [0.2, 0.25) is 0 Å². The van der Waals surface area contributed by atoms with Crippen molar-refractivity contribution in [1.29, 1.82) is 0 Å². The molecule has 0 aromatic carbocycles. The zero-order chi connectivity index (χ0) is 76.7. The largest absolute Gasteiger partial charge is 0.390 e. The van der Waals surface area contributed by atoms with E-state index in [9.17, 15) is 29.4 Å². The summed E-state index contributed by atoms with van der Waals surface area (Å²) >= 11 is 1.43. The number of piperazine rings is 1. The fraction of sp³-hybridized carbons (Fsp3) is 0.822. The van der Waals surface area contributed by atoms with Gasteiger partial charge in [-0.2, -0.15) is 11.8 Å². The highest BCUT2D eigenvalue weighted by Crippen LogP contribution is 2.27. The van der Waals surface area contributed by atoms with E-state index in [1.165, 1.54) is 118 Å². The van der Waals surface area contributed by atoms with Gasteiger partial charge in [0.05, 0.1) is 11.7 Å². The van der Waals surface area contributed by atoms with Gasteiger partial charge >= 0.3 is 0 Å². The van der Waals surface area contributed by atoms with Gasteiger partial charge < -0.3 is 75.6 Å². The van der Waals surface area contributed by atoms with Gasteiger partial charge in [-0.05, 0) is 134 Å². The molecule has 0 bridgehead atoms. The number of amides is 11. The first-order valence-corrected chi connectivity index (χ1v) is 37.7. The number of thioether (sulfide) groups is 1.